The fourth-order valence-electron chi connectivity index (χ4n) is 1.58. The molecule has 0 saturated heterocycles. The van der Waals surface area contributed by atoms with Crippen molar-refractivity contribution in [1.29, 1.82) is 0 Å². The molecule has 2 amide bonds. The van der Waals surface area contributed by atoms with E-state index in [0.717, 1.165) is 12.1 Å². The molecule has 1 aromatic carbocycles. The maximum Gasteiger partial charge on any atom is 0.242 e. The van der Waals surface area contributed by atoms with Crippen LogP contribution >= 0.6 is 0 Å². The van der Waals surface area contributed by atoms with Crippen molar-refractivity contribution in [1.82, 2.24) is 10.2 Å². The largest absolute Gasteiger partial charge is 0.346 e. The molecule has 7 heteroatoms. The molecular weight excluding hydrogens is 268 g/mol. The Hall–Kier alpha value is -2.02. The Morgan fingerprint density at radius 1 is 1.35 bits per heavy atom. The van der Waals surface area contributed by atoms with Crippen molar-refractivity contribution in [2.45, 2.75) is 13.0 Å². The number of benzene rings is 1. The number of carbonyl (C=O) groups is 2. The molecule has 0 aliphatic rings. The average Bonchev–Trinajstić information content (AvgIpc) is 2.45. The Kier molecular flexibility index (Phi) is 5.57. The summed E-state index contributed by atoms with van der Waals surface area (Å²) < 4.78 is 26.0. The Morgan fingerprint density at radius 3 is 2.55 bits per heavy atom. The highest BCUT2D eigenvalue weighted by molar-refractivity contribution is 5.85. The Labute approximate surface area is 115 Å². The lowest BCUT2D eigenvalue weighted by atomic mass is 10.1. The van der Waals surface area contributed by atoms with E-state index in [2.05, 4.69) is 5.32 Å². The summed E-state index contributed by atoms with van der Waals surface area (Å²) in [5, 5.41) is 2.35. The first kappa shape index (κ1) is 16.0. The number of rotatable bonds is 5. The molecule has 1 atom stereocenters. The monoisotopic (exact) mass is 285 g/mol. The number of carbonyl (C=O) groups excluding carboxylic acids is 2. The summed E-state index contributed by atoms with van der Waals surface area (Å²) in [6.45, 7) is 1.28. The molecule has 0 heterocycles. The van der Waals surface area contributed by atoms with Gasteiger partial charge in [0.1, 0.15) is 0 Å². The molecular formula is C13H17F2N3O2. The lowest BCUT2D eigenvalue weighted by molar-refractivity contribution is -0.133. The van der Waals surface area contributed by atoms with E-state index in [0.29, 0.717) is 5.56 Å². The van der Waals surface area contributed by atoms with Gasteiger partial charge in [-0.15, -0.1) is 0 Å². The maximum atomic E-state index is 13.2. The molecule has 20 heavy (non-hydrogen) atoms. The van der Waals surface area contributed by atoms with Crippen molar-refractivity contribution in [3.8, 4) is 0 Å². The average molecular weight is 285 g/mol. The molecule has 3 N–H and O–H groups in total. The van der Waals surface area contributed by atoms with Crippen LogP contribution in [0.4, 0.5) is 8.78 Å². The van der Waals surface area contributed by atoms with Crippen LogP contribution in [0.15, 0.2) is 18.2 Å². The van der Waals surface area contributed by atoms with Gasteiger partial charge in [-0.05, 0) is 24.6 Å². The smallest absolute Gasteiger partial charge is 0.242 e. The van der Waals surface area contributed by atoms with Gasteiger partial charge in [-0.1, -0.05) is 6.07 Å². The standard InChI is InChI=1S/C13H17F2N3O2/c1-8(9-3-4-10(14)11(15)5-9)18(2)13(20)7-17-12(19)6-16/h3-5,8H,6-7,16H2,1-2H3,(H,17,19). The van der Waals surface area contributed by atoms with Gasteiger partial charge in [-0.25, -0.2) is 8.78 Å². The number of nitrogens with one attached hydrogen (secondary N) is 1. The van der Waals surface area contributed by atoms with Gasteiger partial charge in [0.15, 0.2) is 11.6 Å². The van der Waals surface area contributed by atoms with Crippen LogP contribution in [0.2, 0.25) is 0 Å². The van der Waals surface area contributed by atoms with Gasteiger partial charge < -0.3 is 16.0 Å². The van der Waals surface area contributed by atoms with Crippen LogP contribution in [0, 0.1) is 11.6 Å². The summed E-state index contributed by atoms with van der Waals surface area (Å²) in [4.78, 5) is 24.1. The fourth-order valence-corrected chi connectivity index (χ4v) is 1.58. The minimum atomic E-state index is -0.966. The molecule has 0 aliphatic heterocycles. The predicted molar refractivity (Wildman–Crippen MR) is 69.6 cm³/mol. The molecule has 1 unspecified atom stereocenters. The summed E-state index contributed by atoms with van der Waals surface area (Å²) in [5.74, 6) is -2.70. The van der Waals surface area contributed by atoms with Crippen molar-refractivity contribution in [2.75, 3.05) is 20.1 Å². The van der Waals surface area contributed by atoms with Crippen molar-refractivity contribution >= 4 is 11.8 Å². The van der Waals surface area contributed by atoms with Gasteiger partial charge >= 0.3 is 0 Å². The molecule has 0 spiro atoms. The van der Waals surface area contributed by atoms with Crippen molar-refractivity contribution in [3.05, 3.63) is 35.4 Å². The van der Waals surface area contributed by atoms with Crippen LogP contribution in [-0.2, 0) is 9.59 Å². The zero-order valence-corrected chi connectivity index (χ0v) is 11.3. The molecule has 5 nitrogen and oxygen atoms in total. The summed E-state index contributed by atoms with van der Waals surface area (Å²) in [6.07, 6.45) is 0. The van der Waals surface area contributed by atoms with Gasteiger partial charge in [0.05, 0.1) is 19.1 Å². The maximum absolute atomic E-state index is 13.2. The number of hydrogen-bond acceptors (Lipinski definition) is 3. The predicted octanol–water partition coefficient (Wildman–Crippen LogP) is 0.559. The van der Waals surface area contributed by atoms with E-state index >= 15 is 0 Å². The zero-order chi connectivity index (χ0) is 15.3. The second kappa shape index (κ2) is 6.95. The molecule has 0 aromatic heterocycles. The van der Waals surface area contributed by atoms with Crippen LogP contribution in [0.25, 0.3) is 0 Å². The Bertz CT molecular complexity index is 508. The topological polar surface area (TPSA) is 75.4 Å². The van der Waals surface area contributed by atoms with E-state index in [-0.39, 0.29) is 19.0 Å². The number of likely N-dealkylation sites (N-methyl/N-ethyl adjacent to an activating group) is 1. The first-order valence-electron chi connectivity index (χ1n) is 6.04. The zero-order valence-electron chi connectivity index (χ0n) is 11.3. The van der Waals surface area contributed by atoms with Crippen LogP contribution in [0.1, 0.15) is 18.5 Å². The van der Waals surface area contributed by atoms with Crippen LogP contribution in [-0.4, -0.2) is 36.9 Å². The molecule has 0 fully saturated rings. The fraction of sp³-hybridized carbons (Fsp3) is 0.385. The van der Waals surface area contributed by atoms with Gasteiger partial charge in [0, 0.05) is 7.05 Å². The van der Waals surface area contributed by atoms with Crippen molar-refractivity contribution in [2.24, 2.45) is 5.73 Å². The third kappa shape index (κ3) is 3.99. The number of amides is 2. The minimum Gasteiger partial charge on any atom is -0.346 e. The third-order valence-corrected chi connectivity index (χ3v) is 3.02. The summed E-state index contributed by atoms with van der Waals surface area (Å²) in [7, 11) is 1.52. The highest BCUT2D eigenvalue weighted by atomic mass is 19.2. The van der Waals surface area contributed by atoms with Gasteiger partial charge in [-0.2, -0.15) is 0 Å². The van der Waals surface area contributed by atoms with E-state index in [1.165, 1.54) is 18.0 Å². The second-order valence-electron chi connectivity index (χ2n) is 4.34. The number of hydrogen-bond donors (Lipinski definition) is 2. The Morgan fingerprint density at radius 2 is 2.00 bits per heavy atom. The lowest BCUT2D eigenvalue weighted by Gasteiger charge is -2.25. The van der Waals surface area contributed by atoms with E-state index in [4.69, 9.17) is 5.73 Å². The summed E-state index contributed by atoms with van der Waals surface area (Å²) in [5.41, 5.74) is 5.56. The van der Waals surface area contributed by atoms with Gasteiger partial charge in [0.25, 0.3) is 0 Å². The van der Waals surface area contributed by atoms with Crippen molar-refractivity contribution in [3.63, 3.8) is 0 Å². The molecule has 0 radical (unpaired) electrons. The van der Waals surface area contributed by atoms with E-state index in [1.807, 2.05) is 0 Å². The van der Waals surface area contributed by atoms with Gasteiger partial charge in [-0.3, -0.25) is 9.59 Å². The normalized spacial score (nSPS) is 11.8. The quantitative estimate of drug-likeness (QED) is 0.830. The summed E-state index contributed by atoms with van der Waals surface area (Å²) >= 11 is 0. The van der Waals surface area contributed by atoms with Gasteiger partial charge in [0.2, 0.25) is 11.8 Å². The van der Waals surface area contributed by atoms with E-state index in [9.17, 15) is 18.4 Å². The number of nitrogens with zero attached hydrogens (tertiary/aromatic N) is 1. The van der Waals surface area contributed by atoms with Crippen LogP contribution < -0.4 is 11.1 Å². The van der Waals surface area contributed by atoms with Crippen LogP contribution in [0.3, 0.4) is 0 Å². The van der Waals surface area contributed by atoms with E-state index < -0.39 is 23.6 Å². The van der Waals surface area contributed by atoms with Crippen molar-refractivity contribution < 1.29 is 18.4 Å². The molecule has 1 rings (SSSR count). The SMILES string of the molecule is CC(c1ccc(F)c(F)c1)N(C)C(=O)CNC(=O)CN. The minimum absolute atomic E-state index is 0.194. The molecule has 0 saturated carbocycles. The first-order chi connectivity index (χ1) is 9.36. The lowest BCUT2D eigenvalue weighted by Crippen LogP contribution is -2.41. The molecule has 0 aliphatic carbocycles. The first-order valence-corrected chi connectivity index (χ1v) is 6.04. The second-order valence-corrected chi connectivity index (χ2v) is 4.34. The highest BCUT2D eigenvalue weighted by Crippen LogP contribution is 2.20. The molecule has 110 valence electrons. The number of halogens is 2. The highest BCUT2D eigenvalue weighted by Gasteiger charge is 2.18. The summed E-state index contributed by atoms with van der Waals surface area (Å²) in [6, 6.07) is 3.01. The van der Waals surface area contributed by atoms with E-state index in [1.54, 1.807) is 6.92 Å². The van der Waals surface area contributed by atoms with Crippen LogP contribution in [0.5, 0.6) is 0 Å². The Balaban J connectivity index is 2.70. The number of nitrogens with two attached hydrogens (primary N) is 1. The third-order valence-electron chi connectivity index (χ3n) is 3.02. The molecule has 0 bridgehead atoms. The molecule has 1 aromatic rings.